The van der Waals surface area contributed by atoms with Crippen LogP contribution in [0.25, 0.3) is 0 Å². The summed E-state index contributed by atoms with van der Waals surface area (Å²) in [5.41, 5.74) is 0. The molecular weight excluding hydrogens is 925 g/mol. The lowest BCUT2D eigenvalue weighted by Gasteiger charge is -2.18. The molecule has 0 aromatic heterocycles. The Balaban J connectivity index is 4.50. The molecule has 0 aromatic rings. The van der Waals surface area contributed by atoms with E-state index in [-0.39, 0.29) is 31.6 Å². The van der Waals surface area contributed by atoms with Gasteiger partial charge in [-0.1, -0.05) is 284 Å². The van der Waals surface area contributed by atoms with Crippen molar-refractivity contribution < 1.29 is 28.6 Å². The van der Waals surface area contributed by atoms with Crippen molar-refractivity contribution in [2.24, 2.45) is 0 Å². The second-order valence-electron chi connectivity index (χ2n) is 20.2. The van der Waals surface area contributed by atoms with Crippen molar-refractivity contribution in [2.75, 3.05) is 13.2 Å². The van der Waals surface area contributed by atoms with E-state index in [1.807, 2.05) is 6.08 Å². The first-order valence-corrected chi connectivity index (χ1v) is 31.0. The first-order valence-electron chi connectivity index (χ1n) is 31.0. The standard InChI is InChI=1S/C69H114O6/c1-4-7-10-13-16-19-22-25-28-31-33-34-36-38-41-44-47-50-53-56-59-62-68(71)74-65-66(64-73-67(70)61-58-55-52-49-46-43-40-37-30-27-24-21-18-15-12-9-6-3)75-69(72)63-60-57-54-51-48-45-42-39-35-32-29-26-23-20-17-14-11-8-5-2/h7-8,10-11,16-17,19-20,25-26,28-29,33-35,39,45,48,54,57,66H,4-6,9,12-15,18,21-24,27,30-32,36-38,40-44,46-47,49-53,55-56,58-65H2,1-3H3/b10-7-,11-8-,19-16-,20-17-,28-25-,29-26-,34-33-,39-35-,48-45-,57-54-. The van der Waals surface area contributed by atoms with Crippen molar-refractivity contribution in [1.82, 2.24) is 0 Å². The number of ether oxygens (including phenoxy) is 3. The third-order valence-corrected chi connectivity index (χ3v) is 13.0. The first kappa shape index (κ1) is 70.8. The number of esters is 3. The van der Waals surface area contributed by atoms with Gasteiger partial charge in [0.15, 0.2) is 6.10 Å². The third kappa shape index (κ3) is 60.6. The predicted octanol–water partition coefficient (Wildman–Crippen LogP) is 21.2. The predicted molar refractivity (Wildman–Crippen MR) is 325 cm³/mol. The molecule has 0 radical (unpaired) electrons. The molecule has 1 atom stereocenters. The molecule has 426 valence electrons. The second-order valence-corrected chi connectivity index (χ2v) is 20.2. The van der Waals surface area contributed by atoms with Crippen LogP contribution in [0.1, 0.15) is 278 Å². The molecule has 6 heteroatoms. The van der Waals surface area contributed by atoms with Crippen LogP contribution in [0.15, 0.2) is 122 Å². The number of unbranched alkanes of at least 4 members (excludes halogenated alkanes) is 24. The zero-order chi connectivity index (χ0) is 54.3. The maximum absolute atomic E-state index is 12.9. The van der Waals surface area contributed by atoms with Gasteiger partial charge in [0, 0.05) is 19.3 Å². The Morgan fingerprint density at radius 3 is 0.867 bits per heavy atom. The highest BCUT2D eigenvalue weighted by atomic mass is 16.6. The summed E-state index contributed by atoms with van der Waals surface area (Å²) < 4.78 is 16.8. The minimum atomic E-state index is -0.825. The Morgan fingerprint density at radius 1 is 0.280 bits per heavy atom. The maximum atomic E-state index is 12.9. The number of hydrogen-bond donors (Lipinski definition) is 0. The van der Waals surface area contributed by atoms with E-state index in [1.165, 1.54) is 122 Å². The van der Waals surface area contributed by atoms with Crippen LogP contribution in [0.3, 0.4) is 0 Å². The highest BCUT2D eigenvalue weighted by molar-refractivity contribution is 5.71. The average molecular weight is 1040 g/mol. The van der Waals surface area contributed by atoms with E-state index in [4.69, 9.17) is 14.2 Å². The van der Waals surface area contributed by atoms with Crippen molar-refractivity contribution in [3.05, 3.63) is 122 Å². The molecule has 6 nitrogen and oxygen atoms in total. The van der Waals surface area contributed by atoms with Crippen LogP contribution in [0.4, 0.5) is 0 Å². The average Bonchev–Trinajstić information content (AvgIpc) is 3.41. The number of rotatable bonds is 55. The zero-order valence-corrected chi connectivity index (χ0v) is 48.8. The van der Waals surface area contributed by atoms with Crippen molar-refractivity contribution >= 4 is 17.9 Å². The van der Waals surface area contributed by atoms with Gasteiger partial charge in [-0.05, 0) is 96.3 Å². The molecule has 0 spiro atoms. The molecule has 0 bridgehead atoms. The van der Waals surface area contributed by atoms with Gasteiger partial charge in [0.2, 0.25) is 0 Å². The summed E-state index contributed by atoms with van der Waals surface area (Å²) in [7, 11) is 0. The molecule has 0 heterocycles. The Hall–Kier alpha value is -4.19. The zero-order valence-electron chi connectivity index (χ0n) is 48.8. The topological polar surface area (TPSA) is 78.9 Å². The van der Waals surface area contributed by atoms with E-state index in [0.29, 0.717) is 19.3 Å². The van der Waals surface area contributed by atoms with Crippen LogP contribution in [0.5, 0.6) is 0 Å². The fourth-order valence-electron chi connectivity index (χ4n) is 8.40. The minimum Gasteiger partial charge on any atom is -0.462 e. The molecule has 0 aromatic carbocycles. The monoisotopic (exact) mass is 1040 g/mol. The third-order valence-electron chi connectivity index (χ3n) is 13.0. The fourth-order valence-corrected chi connectivity index (χ4v) is 8.40. The van der Waals surface area contributed by atoms with Gasteiger partial charge in [0.05, 0.1) is 0 Å². The molecule has 0 saturated heterocycles. The molecule has 0 fully saturated rings. The van der Waals surface area contributed by atoms with E-state index < -0.39 is 12.1 Å². The van der Waals surface area contributed by atoms with Crippen molar-refractivity contribution in [3.8, 4) is 0 Å². The quantitative estimate of drug-likeness (QED) is 0.0261. The summed E-state index contributed by atoms with van der Waals surface area (Å²) in [6, 6.07) is 0. The van der Waals surface area contributed by atoms with Crippen molar-refractivity contribution in [2.45, 2.75) is 284 Å². The van der Waals surface area contributed by atoms with Crippen LogP contribution in [-0.2, 0) is 28.6 Å². The fraction of sp³-hybridized carbons (Fsp3) is 0.667. The summed E-state index contributed by atoms with van der Waals surface area (Å²) in [5, 5.41) is 0. The lowest BCUT2D eigenvalue weighted by Crippen LogP contribution is -2.30. The lowest BCUT2D eigenvalue weighted by molar-refractivity contribution is -0.166. The minimum absolute atomic E-state index is 0.111. The highest BCUT2D eigenvalue weighted by Crippen LogP contribution is 2.16. The Morgan fingerprint density at radius 2 is 0.547 bits per heavy atom. The molecule has 0 aliphatic carbocycles. The lowest BCUT2D eigenvalue weighted by atomic mass is 10.0. The Labute approximate surface area is 462 Å². The summed E-state index contributed by atoms with van der Waals surface area (Å²) >= 11 is 0. The second kappa shape index (κ2) is 62.4. The molecule has 0 aliphatic heterocycles. The van der Waals surface area contributed by atoms with E-state index in [0.717, 1.165) is 109 Å². The summed E-state index contributed by atoms with van der Waals surface area (Å²) in [4.78, 5) is 38.3. The van der Waals surface area contributed by atoms with Crippen LogP contribution in [-0.4, -0.2) is 37.2 Å². The molecule has 0 rings (SSSR count). The van der Waals surface area contributed by atoms with Gasteiger partial charge in [0.1, 0.15) is 13.2 Å². The Bertz CT molecular complexity index is 1570. The molecule has 1 unspecified atom stereocenters. The van der Waals surface area contributed by atoms with E-state index in [9.17, 15) is 14.4 Å². The molecule has 0 N–H and O–H groups in total. The summed E-state index contributed by atoms with van der Waals surface area (Å²) in [6.07, 6.45) is 86.3. The smallest absolute Gasteiger partial charge is 0.306 e. The number of carbonyl (C=O) groups excluding carboxylic acids is 3. The number of carbonyl (C=O) groups is 3. The SMILES string of the molecule is CC/C=C\C/C=C\C/C=C\C/C=C\C/C=C\C/C=C\CCC(=O)OC(COC(=O)CCCCCCCCCC/C=C\C/C=C\C/C=C\C/C=C\CC)COC(=O)CCCCCCCCCCCCCCCCCCC. The van der Waals surface area contributed by atoms with Gasteiger partial charge in [-0.3, -0.25) is 14.4 Å². The van der Waals surface area contributed by atoms with Crippen LogP contribution >= 0.6 is 0 Å². The summed E-state index contributed by atoms with van der Waals surface area (Å²) in [6.45, 7) is 6.37. The van der Waals surface area contributed by atoms with Crippen LogP contribution in [0, 0.1) is 0 Å². The van der Waals surface area contributed by atoms with Gasteiger partial charge in [-0.25, -0.2) is 0 Å². The van der Waals surface area contributed by atoms with Gasteiger partial charge in [-0.2, -0.15) is 0 Å². The van der Waals surface area contributed by atoms with Gasteiger partial charge >= 0.3 is 17.9 Å². The molecule has 75 heavy (non-hydrogen) atoms. The molecule has 0 saturated carbocycles. The van der Waals surface area contributed by atoms with Crippen molar-refractivity contribution in [3.63, 3.8) is 0 Å². The van der Waals surface area contributed by atoms with E-state index in [2.05, 4.69) is 136 Å². The van der Waals surface area contributed by atoms with E-state index in [1.54, 1.807) is 0 Å². The largest absolute Gasteiger partial charge is 0.462 e. The van der Waals surface area contributed by atoms with Gasteiger partial charge in [-0.15, -0.1) is 0 Å². The van der Waals surface area contributed by atoms with Crippen LogP contribution in [0.2, 0.25) is 0 Å². The molecule has 0 aliphatic rings. The first-order chi connectivity index (χ1) is 37.0. The highest BCUT2D eigenvalue weighted by Gasteiger charge is 2.19. The van der Waals surface area contributed by atoms with Crippen molar-refractivity contribution in [1.29, 1.82) is 0 Å². The van der Waals surface area contributed by atoms with Gasteiger partial charge in [0.25, 0.3) is 0 Å². The number of hydrogen-bond acceptors (Lipinski definition) is 6. The molecular formula is C69H114O6. The number of allylic oxidation sites excluding steroid dienone is 20. The van der Waals surface area contributed by atoms with Gasteiger partial charge < -0.3 is 14.2 Å². The summed E-state index contributed by atoms with van der Waals surface area (Å²) in [5.74, 6) is -0.999. The van der Waals surface area contributed by atoms with E-state index >= 15 is 0 Å². The maximum Gasteiger partial charge on any atom is 0.306 e. The molecule has 0 amide bonds. The Kier molecular flexibility index (Phi) is 58.9. The van der Waals surface area contributed by atoms with Crippen LogP contribution < -0.4 is 0 Å². The normalized spacial score (nSPS) is 12.9.